The zero-order valence-corrected chi connectivity index (χ0v) is 14.5. The zero-order chi connectivity index (χ0) is 17.9. The molecule has 0 spiro atoms. The van der Waals surface area contributed by atoms with E-state index in [1.54, 1.807) is 25.7 Å². The van der Waals surface area contributed by atoms with Gasteiger partial charge in [0.1, 0.15) is 5.75 Å². The van der Waals surface area contributed by atoms with Crippen LogP contribution in [0.1, 0.15) is 24.6 Å². The highest BCUT2D eigenvalue weighted by molar-refractivity contribution is 5.68. The third-order valence-electron chi connectivity index (χ3n) is 4.60. The molecule has 7 heteroatoms. The quantitative estimate of drug-likeness (QED) is 0.775. The van der Waals surface area contributed by atoms with Crippen LogP contribution in [0.2, 0.25) is 0 Å². The molecule has 1 atom stereocenters. The van der Waals surface area contributed by atoms with Gasteiger partial charge in [-0.1, -0.05) is 12.1 Å². The summed E-state index contributed by atoms with van der Waals surface area (Å²) in [5.41, 5.74) is 8.77. The van der Waals surface area contributed by atoms with Crippen molar-refractivity contribution in [1.29, 1.82) is 0 Å². The molecule has 3 aromatic rings. The number of benzene rings is 1. The Hall–Kier alpha value is -3.22. The molecule has 2 aromatic heterocycles. The number of rotatable bonds is 4. The molecule has 1 aromatic carbocycles. The van der Waals surface area contributed by atoms with Crippen LogP contribution in [0.4, 0.5) is 11.9 Å². The topological polar surface area (TPSA) is 90.0 Å². The molecular weight excluding hydrogens is 328 g/mol. The number of anilines is 2. The number of nitrogens with zero attached hydrogens (tertiary/aromatic N) is 5. The Morgan fingerprint density at radius 3 is 2.81 bits per heavy atom. The van der Waals surface area contributed by atoms with Crippen LogP contribution in [0.25, 0.3) is 11.1 Å². The number of aromatic nitrogens is 4. The van der Waals surface area contributed by atoms with Gasteiger partial charge in [0.05, 0.1) is 18.8 Å². The predicted molar refractivity (Wildman–Crippen MR) is 99.8 cm³/mol. The molecule has 0 aliphatic carbocycles. The van der Waals surface area contributed by atoms with Gasteiger partial charge in [-0.05, 0) is 36.6 Å². The Kier molecular flexibility index (Phi) is 4.35. The van der Waals surface area contributed by atoms with Crippen LogP contribution in [0.5, 0.6) is 5.75 Å². The van der Waals surface area contributed by atoms with Crippen LogP contribution in [-0.4, -0.2) is 33.6 Å². The lowest BCUT2D eigenvalue weighted by Crippen LogP contribution is -2.26. The second kappa shape index (κ2) is 6.95. The lowest BCUT2D eigenvalue weighted by molar-refractivity contribution is 0.415. The van der Waals surface area contributed by atoms with E-state index in [0.29, 0.717) is 5.95 Å². The summed E-state index contributed by atoms with van der Waals surface area (Å²) < 4.78 is 5.36. The lowest BCUT2D eigenvalue weighted by atomic mass is 9.99. The van der Waals surface area contributed by atoms with Crippen LogP contribution in [-0.2, 0) is 0 Å². The molecule has 1 aliphatic rings. The first kappa shape index (κ1) is 16.3. The van der Waals surface area contributed by atoms with Gasteiger partial charge in [-0.3, -0.25) is 0 Å². The summed E-state index contributed by atoms with van der Waals surface area (Å²) in [5, 5.41) is 0. The van der Waals surface area contributed by atoms with E-state index in [9.17, 15) is 0 Å². The fourth-order valence-electron chi connectivity index (χ4n) is 3.41. The third kappa shape index (κ3) is 3.03. The Bertz CT molecular complexity index is 902. The average molecular weight is 348 g/mol. The number of hydrogen-bond donors (Lipinski definition) is 1. The van der Waals surface area contributed by atoms with E-state index in [-0.39, 0.29) is 12.0 Å². The summed E-state index contributed by atoms with van der Waals surface area (Å²) in [7, 11) is 1.66. The molecule has 0 bridgehead atoms. The molecule has 0 saturated carbocycles. The Morgan fingerprint density at radius 1 is 1.15 bits per heavy atom. The second-order valence-corrected chi connectivity index (χ2v) is 6.16. The molecule has 0 amide bonds. The molecule has 7 nitrogen and oxygen atoms in total. The van der Waals surface area contributed by atoms with E-state index in [1.807, 2.05) is 30.3 Å². The highest BCUT2D eigenvalue weighted by Crippen LogP contribution is 2.38. The Morgan fingerprint density at radius 2 is 2.00 bits per heavy atom. The smallest absolute Gasteiger partial charge is 0.225 e. The number of hydrogen-bond acceptors (Lipinski definition) is 7. The summed E-state index contributed by atoms with van der Waals surface area (Å²) in [6, 6.07) is 9.76. The second-order valence-electron chi connectivity index (χ2n) is 6.16. The number of methoxy groups -OCH3 is 1. The summed E-state index contributed by atoms with van der Waals surface area (Å²) in [6.45, 7) is 0.885. The molecule has 0 radical (unpaired) electrons. The first-order valence-corrected chi connectivity index (χ1v) is 8.57. The maximum atomic E-state index is 5.92. The molecule has 1 saturated heterocycles. The Balaban J connectivity index is 1.79. The van der Waals surface area contributed by atoms with Gasteiger partial charge in [-0.25, -0.2) is 19.9 Å². The first-order valence-electron chi connectivity index (χ1n) is 8.57. The lowest BCUT2D eigenvalue weighted by Gasteiger charge is -2.25. The van der Waals surface area contributed by atoms with E-state index in [0.717, 1.165) is 42.0 Å². The molecule has 2 N–H and O–H groups in total. The number of nitrogen functional groups attached to an aromatic ring is 1. The molecule has 1 unspecified atom stereocenters. The number of nitrogens with two attached hydrogens (primary N) is 1. The fraction of sp³-hybridized carbons (Fsp3) is 0.263. The van der Waals surface area contributed by atoms with Gasteiger partial charge in [0.25, 0.3) is 0 Å². The van der Waals surface area contributed by atoms with Crippen molar-refractivity contribution in [3.05, 3.63) is 54.6 Å². The average Bonchev–Trinajstić information content (AvgIpc) is 3.18. The number of ether oxygens (including phenoxy) is 1. The summed E-state index contributed by atoms with van der Waals surface area (Å²) in [4.78, 5) is 19.8. The van der Waals surface area contributed by atoms with Crippen LogP contribution < -0.4 is 15.4 Å². The van der Waals surface area contributed by atoms with Gasteiger partial charge in [0.2, 0.25) is 11.9 Å². The zero-order valence-electron chi connectivity index (χ0n) is 14.5. The monoisotopic (exact) mass is 348 g/mol. The van der Waals surface area contributed by atoms with E-state index >= 15 is 0 Å². The van der Waals surface area contributed by atoms with Crippen molar-refractivity contribution < 1.29 is 4.74 Å². The van der Waals surface area contributed by atoms with Gasteiger partial charge >= 0.3 is 0 Å². The van der Waals surface area contributed by atoms with E-state index in [1.165, 1.54) is 0 Å². The van der Waals surface area contributed by atoms with Crippen molar-refractivity contribution in [3.63, 3.8) is 0 Å². The molecule has 4 rings (SSSR count). The molecule has 1 fully saturated rings. The summed E-state index contributed by atoms with van der Waals surface area (Å²) in [6.07, 6.45) is 7.31. The van der Waals surface area contributed by atoms with E-state index < -0.39 is 0 Å². The molecular formula is C19H20N6O. The van der Waals surface area contributed by atoms with Gasteiger partial charge in [0.15, 0.2) is 0 Å². The molecule has 1 aliphatic heterocycles. The van der Waals surface area contributed by atoms with Crippen LogP contribution in [0.15, 0.2) is 48.9 Å². The third-order valence-corrected chi connectivity index (χ3v) is 4.60. The maximum absolute atomic E-state index is 5.92. The SMILES string of the molecule is COc1cccc(-c2cnc(N)nc2C2CCCN2c2ncccn2)c1. The summed E-state index contributed by atoms with van der Waals surface area (Å²) in [5.74, 6) is 1.77. The van der Waals surface area contributed by atoms with E-state index in [2.05, 4.69) is 24.8 Å². The van der Waals surface area contributed by atoms with Crippen molar-refractivity contribution in [3.8, 4) is 16.9 Å². The molecule has 132 valence electrons. The normalized spacial score (nSPS) is 16.7. The van der Waals surface area contributed by atoms with Gasteiger partial charge in [-0.15, -0.1) is 0 Å². The molecule has 26 heavy (non-hydrogen) atoms. The van der Waals surface area contributed by atoms with Crippen LogP contribution in [0, 0.1) is 0 Å². The molecule has 3 heterocycles. The Labute approximate surface area is 151 Å². The van der Waals surface area contributed by atoms with Gasteiger partial charge < -0.3 is 15.4 Å². The van der Waals surface area contributed by atoms with Crippen molar-refractivity contribution in [2.24, 2.45) is 0 Å². The van der Waals surface area contributed by atoms with Gasteiger partial charge in [0, 0.05) is 30.7 Å². The maximum Gasteiger partial charge on any atom is 0.225 e. The highest BCUT2D eigenvalue weighted by atomic mass is 16.5. The van der Waals surface area contributed by atoms with E-state index in [4.69, 9.17) is 10.5 Å². The van der Waals surface area contributed by atoms with Crippen molar-refractivity contribution in [2.45, 2.75) is 18.9 Å². The highest BCUT2D eigenvalue weighted by Gasteiger charge is 2.31. The van der Waals surface area contributed by atoms with Gasteiger partial charge in [-0.2, -0.15) is 0 Å². The minimum Gasteiger partial charge on any atom is -0.497 e. The standard InChI is InChI=1S/C19H20N6O/c1-26-14-6-2-5-13(11-14)15-12-23-18(20)24-17(15)16-7-3-10-25(16)19-21-8-4-9-22-19/h2,4-6,8-9,11-12,16H,3,7,10H2,1H3,(H2,20,23,24). The summed E-state index contributed by atoms with van der Waals surface area (Å²) >= 11 is 0. The van der Waals surface area contributed by atoms with Crippen LogP contribution in [0.3, 0.4) is 0 Å². The van der Waals surface area contributed by atoms with Crippen molar-refractivity contribution >= 4 is 11.9 Å². The van der Waals surface area contributed by atoms with Crippen LogP contribution >= 0.6 is 0 Å². The largest absolute Gasteiger partial charge is 0.497 e. The first-order chi connectivity index (χ1) is 12.8. The minimum atomic E-state index is 0.0592. The predicted octanol–water partition coefficient (Wildman–Crippen LogP) is 2.87. The van der Waals surface area contributed by atoms with Crippen molar-refractivity contribution in [2.75, 3.05) is 24.3 Å². The minimum absolute atomic E-state index is 0.0592. The fourth-order valence-corrected chi connectivity index (χ4v) is 3.41. The van der Waals surface area contributed by atoms with Crippen molar-refractivity contribution in [1.82, 2.24) is 19.9 Å².